The van der Waals surface area contributed by atoms with Gasteiger partial charge in [-0.1, -0.05) is 0 Å². The van der Waals surface area contributed by atoms with Crippen molar-refractivity contribution >= 4 is 11.6 Å². The van der Waals surface area contributed by atoms with E-state index < -0.39 is 0 Å². The van der Waals surface area contributed by atoms with Crippen LogP contribution in [0, 0.1) is 0 Å². The molecular weight excluding hydrogens is 378 g/mol. The van der Waals surface area contributed by atoms with E-state index in [1.807, 2.05) is 11.0 Å². The summed E-state index contributed by atoms with van der Waals surface area (Å²) in [5.41, 5.74) is 2.19. The first kappa shape index (κ1) is 20.8. The topological polar surface area (TPSA) is 61.8 Å². The van der Waals surface area contributed by atoms with Crippen LogP contribution < -0.4 is 4.90 Å². The average molecular weight is 410 g/mol. The van der Waals surface area contributed by atoms with Gasteiger partial charge in [0.1, 0.15) is 0 Å². The van der Waals surface area contributed by atoms with E-state index in [9.17, 15) is 4.79 Å². The molecule has 30 heavy (non-hydrogen) atoms. The maximum Gasteiger partial charge on any atom is 0.236 e. The maximum absolute atomic E-state index is 12.8. The number of benzene rings is 1. The maximum atomic E-state index is 12.8. The summed E-state index contributed by atoms with van der Waals surface area (Å²) in [6, 6.07) is 10.2. The van der Waals surface area contributed by atoms with Gasteiger partial charge in [-0.15, -0.1) is 0 Å². The Hall–Kier alpha value is -2.51. The highest BCUT2D eigenvalue weighted by molar-refractivity contribution is 5.78. The minimum absolute atomic E-state index is 0.239. The van der Waals surface area contributed by atoms with Crippen LogP contribution in [0.3, 0.4) is 0 Å². The highest BCUT2D eigenvalue weighted by atomic mass is 16.5. The Balaban J connectivity index is 1.28. The largest absolute Gasteiger partial charge is 0.380 e. The molecule has 3 heterocycles. The van der Waals surface area contributed by atoms with Gasteiger partial charge in [0.25, 0.3) is 0 Å². The van der Waals surface area contributed by atoms with Gasteiger partial charge in [-0.25, -0.2) is 9.97 Å². The number of hydrogen-bond donors (Lipinski definition) is 0. The van der Waals surface area contributed by atoms with Crippen molar-refractivity contribution in [2.75, 3.05) is 57.8 Å². The molecule has 0 saturated carbocycles. The molecule has 1 atom stereocenters. The van der Waals surface area contributed by atoms with Crippen LogP contribution in [-0.4, -0.2) is 84.7 Å². The Labute approximate surface area is 178 Å². The van der Waals surface area contributed by atoms with Gasteiger partial charge >= 0.3 is 0 Å². The van der Waals surface area contributed by atoms with E-state index in [4.69, 9.17) is 4.74 Å². The Morgan fingerprint density at radius 2 is 1.77 bits per heavy atom. The summed E-state index contributed by atoms with van der Waals surface area (Å²) in [5, 5.41) is 0. The fraction of sp³-hybridized carbons (Fsp3) is 0.522. The van der Waals surface area contributed by atoms with Crippen molar-refractivity contribution in [1.82, 2.24) is 19.8 Å². The molecule has 1 amide bonds. The predicted octanol–water partition coefficient (Wildman–Crippen LogP) is 2.29. The van der Waals surface area contributed by atoms with E-state index in [0.717, 1.165) is 63.5 Å². The van der Waals surface area contributed by atoms with Crippen molar-refractivity contribution in [3.05, 3.63) is 42.7 Å². The number of piperazine rings is 1. The zero-order valence-corrected chi connectivity index (χ0v) is 17.7. The van der Waals surface area contributed by atoms with E-state index in [2.05, 4.69) is 44.0 Å². The Kier molecular flexibility index (Phi) is 6.92. The zero-order valence-electron chi connectivity index (χ0n) is 17.7. The minimum atomic E-state index is 0.239. The average Bonchev–Trinajstić information content (AvgIpc) is 3.05. The standard InChI is InChI=1S/C23H31N5O2/c1-30-21-5-2-3-12-26(17-21)18-22(29)28-15-13-27(14-16-28)20-8-6-19(7-9-20)23-24-10-4-11-25-23/h4,6-11,21H,2-3,5,12-18H2,1H3. The molecule has 0 bridgehead atoms. The number of ether oxygens (including phenoxy) is 1. The molecule has 1 aromatic carbocycles. The number of hydrogen-bond acceptors (Lipinski definition) is 6. The number of methoxy groups -OCH3 is 1. The van der Waals surface area contributed by atoms with Crippen LogP contribution in [0.4, 0.5) is 5.69 Å². The number of rotatable bonds is 5. The first-order chi connectivity index (χ1) is 14.7. The molecule has 2 saturated heterocycles. The van der Waals surface area contributed by atoms with Crippen molar-refractivity contribution in [1.29, 1.82) is 0 Å². The van der Waals surface area contributed by atoms with E-state index in [0.29, 0.717) is 6.54 Å². The zero-order chi connectivity index (χ0) is 20.8. The molecule has 2 aliphatic heterocycles. The summed E-state index contributed by atoms with van der Waals surface area (Å²) in [6.45, 7) is 5.60. The summed E-state index contributed by atoms with van der Waals surface area (Å²) in [5.74, 6) is 0.978. The van der Waals surface area contributed by atoms with Gasteiger partial charge in [-0.05, 0) is 56.1 Å². The van der Waals surface area contributed by atoms with Crippen LogP contribution in [0.25, 0.3) is 11.4 Å². The fourth-order valence-corrected chi connectivity index (χ4v) is 4.29. The highest BCUT2D eigenvalue weighted by Gasteiger charge is 2.25. The quantitative estimate of drug-likeness (QED) is 0.755. The van der Waals surface area contributed by atoms with Crippen LogP contribution in [-0.2, 0) is 9.53 Å². The van der Waals surface area contributed by atoms with Gasteiger partial charge in [0.15, 0.2) is 5.82 Å². The van der Waals surface area contributed by atoms with Crippen molar-refractivity contribution in [2.45, 2.75) is 25.4 Å². The number of anilines is 1. The lowest BCUT2D eigenvalue weighted by molar-refractivity contribution is -0.133. The number of nitrogens with zero attached hydrogens (tertiary/aromatic N) is 5. The van der Waals surface area contributed by atoms with Crippen LogP contribution >= 0.6 is 0 Å². The minimum Gasteiger partial charge on any atom is -0.380 e. The third-order valence-corrected chi connectivity index (χ3v) is 6.09. The Bertz CT molecular complexity index is 806. The third kappa shape index (κ3) is 5.15. The third-order valence-electron chi connectivity index (χ3n) is 6.09. The lowest BCUT2D eigenvalue weighted by Crippen LogP contribution is -2.51. The summed E-state index contributed by atoms with van der Waals surface area (Å²) in [7, 11) is 1.77. The molecule has 0 N–H and O–H groups in total. The summed E-state index contributed by atoms with van der Waals surface area (Å²) in [6.07, 6.45) is 7.18. The van der Waals surface area contributed by atoms with Crippen LogP contribution in [0.1, 0.15) is 19.3 Å². The van der Waals surface area contributed by atoms with E-state index >= 15 is 0 Å². The van der Waals surface area contributed by atoms with Gasteiger partial charge in [-0.2, -0.15) is 0 Å². The lowest BCUT2D eigenvalue weighted by atomic mass is 10.1. The smallest absolute Gasteiger partial charge is 0.236 e. The Morgan fingerprint density at radius 1 is 1.03 bits per heavy atom. The number of carbonyl (C=O) groups excluding carboxylic acids is 1. The van der Waals surface area contributed by atoms with Crippen molar-refractivity contribution < 1.29 is 9.53 Å². The number of aromatic nitrogens is 2. The normalized spacial score (nSPS) is 20.8. The molecule has 7 nitrogen and oxygen atoms in total. The summed E-state index contributed by atoms with van der Waals surface area (Å²) >= 11 is 0. The van der Waals surface area contributed by atoms with Crippen molar-refractivity contribution in [3.63, 3.8) is 0 Å². The van der Waals surface area contributed by atoms with Crippen molar-refractivity contribution in [3.8, 4) is 11.4 Å². The number of carbonyl (C=O) groups is 1. The van der Waals surface area contributed by atoms with Crippen LogP contribution in [0.2, 0.25) is 0 Å². The highest BCUT2D eigenvalue weighted by Crippen LogP contribution is 2.22. The number of likely N-dealkylation sites (tertiary alicyclic amines) is 1. The van der Waals surface area contributed by atoms with Gasteiger partial charge in [0.2, 0.25) is 5.91 Å². The molecule has 0 aliphatic carbocycles. The van der Waals surface area contributed by atoms with Gasteiger partial charge in [0, 0.05) is 63.5 Å². The van der Waals surface area contributed by atoms with Gasteiger partial charge < -0.3 is 14.5 Å². The molecular formula is C23H31N5O2. The van der Waals surface area contributed by atoms with Gasteiger partial charge in [0.05, 0.1) is 12.6 Å². The molecule has 0 spiro atoms. The first-order valence-electron chi connectivity index (χ1n) is 10.9. The molecule has 7 heteroatoms. The predicted molar refractivity (Wildman–Crippen MR) is 117 cm³/mol. The monoisotopic (exact) mass is 409 g/mol. The molecule has 2 aromatic rings. The second kappa shape index (κ2) is 10.00. The van der Waals surface area contributed by atoms with E-state index in [1.54, 1.807) is 19.5 Å². The fourth-order valence-electron chi connectivity index (χ4n) is 4.29. The van der Waals surface area contributed by atoms with Crippen LogP contribution in [0.5, 0.6) is 0 Å². The molecule has 2 aliphatic rings. The van der Waals surface area contributed by atoms with E-state index in [-0.39, 0.29) is 12.0 Å². The molecule has 4 rings (SSSR count). The summed E-state index contributed by atoms with van der Waals surface area (Å²) in [4.78, 5) is 28.0. The Morgan fingerprint density at radius 3 is 2.47 bits per heavy atom. The van der Waals surface area contributed by atoms with Gasteiger partial charge in [-0.3, -0.25) is 9.69 Å². The first-order valence-corrected chi connectivity index (χ1v) is 10.9. The molecule has 1 unspecified atom stereocenters. The lowest BCUT2D eigenvalue weighted by Gasteiger charge is -2.37. The molecule has 1 aromatic heterocycles. The number of amides is 1. The van der Waals surface area contributed by atoms with E-state index in [1.165, 1.54) is 12.1 Å². The second-order valence-corrected chi connectivity index (χ2v) is 8.08. The molecule has 0 radical (unpaired) electrons. The van der Waals surface area contributed by atoms with Crippen molar-refractivity contribution in [2.24, 2.45) is 0 Å². The molecule has 2 fully saturated rings. The second-order valence-electron chi connectivity index (χ2n) is 8.08. The summed E-state index contributed by atoms with van der Waals surface area (Å²) < 4.78 is 5.55. The SMILES string of the molecule is COC1CCCCN(CC(=O)N2CCN(c3ccc(-c4ncccn4)cc3)CC2)C1. The molecule has 160 valence electrons. The van der Waals surface area contributed by atoms with Crippen LogP contribution in [0.15, 0.2) is 42.7 Å².